The van der Waals surface area contributed by atoms with Gasteiger partial charge in [-0.2, -0.15) is 4.31 Å². The molecule has 1 aliphatic heterocycles. The van der Waals surface area contributed by atoms with Crippen molar-refractivity contribution in [3.63, 3.8) is 0 Å². The highest BCUT2D eigenvalue weighted by atomic mass is 32.2. The van der Waals surface area contributed by atoms with Gasteiger partial charge in [-0.3, -0.25) is 9.10 Å². The second-order valence-corrected chi connectivity index (χ2v) is 12.5. The summed E-state index contributed by atoms with van der Waals surface area (Å²) in [5, 5.41) is 3.00. The van der Waals surface area contributed by atoms with Crippen LogP contribution in [-0.2, 0) is 29.6 Å². The Morgan fingerprint density at radius 1 is 1.10 bits per heavy atom. The van der Waals surface area contributed by atoms with E-state index in [1.165, 1.54) is 35.0 Å². The summed E-state index contributed by atoms with van der Waals surface area (Å²) in [7, 11) is -7.41. The van der Waals surface area contributed by atoms with Gasteiger partial charge in [0.25, 0.3) is 0 Å². The number of rotatable bonds is 7. The summed E-state index contributed by atoms with van der Waals surface area (Å²) >= 11 is 0. The number of fused-ring (bicyclic) bond motifs is 2. The Kier molecular flexibility index (Phi) is 6.30. The SMILES string of the molecule is CS(=O)(=O)N(CC(=O)NC1CC2CCC1C2)c1ccc(S(=O)(=O)N2CCOCC2)cc1. The number of carbonyl (C=O) groups excluding carboxylic acids is 1. The van der Waals surface area contributed by atoms with Gasteiger partial charge in [-0.1, -0.05) is 6.42 Å². The van der Waals surface area contributed by atoms with Crippen LogP contribution >= 0.6 is 0 Å². The molecule has 4 rings (SSSR count). The highest BCUT2D eigenvalue weighted by Crippen LogP contribution is 2.44. The molecule has 3 fully saturated rings. The van der Waals surface area contributed by atoms with E-state index in [1.54, 1.807) is 0 Å². The van der Waals surface area contributed by atoms with Crippen LogP contribution in [0.5, 0.6) is 0 Å². The van der Waals surface area contributed by atoms with Gasteiger partial charge >= 0.3 is 0 Å². The molecule has 1 N–H and O–H groups in total. The second-order valence-electron chi connectivity index (χ2n) is 8.63. The van der Waals surface area contributed by atoms with Crippen molar-refractivity contribution in [3.05, 3.63) is 24.3 Å². The molecule has 0 aromatic heterocycles. The number of hydrogen-bond acceptors (Lipinski definition) is 6. The molecule has 2 saturated carbocycles. The summed E-state index contributed by atoms with van der Waals surface area (Å²) in [5.41, 5.74) is 0.256. The third-order valence-corrected chi connectivity index (χ3v) is 9.56. The van der Waals surface area contributed by atoms with E-state index in [0.717, 1.165) is 29.8 Å². The molecule has 11 heteroatoms. The Morgan fingerprint density at radius 2 is 1.77 bits per heavy atom. The minimum absolute atomic E-state index is 0.0815. The van der Waals surface area contributed by atoms with Gasteiger partial charge in [0, 0.05) is 19.1 Å². The van der Waals surface area contributed by atoms with Crippen LogP contribution in [-0.4, -0.2) is 72.2 Å². The number of ether oxygens (including phenoxy) is 1. The largest absolute Gasteiger partial charge is 0.379 e. The van der Waals surface area contributed by atoms with Gasteiger partial charge in [0.05, 0.1) is 30.1 Å². The van der Waals surface area contributed by atoms with Gasteiger partial charge < -0.3 is 10.1 Å². The summed E-state index contributed by atoms with van der Waals surface area (Å²) in [6.07, 6.45) is 5.47. The Morgan fingerprint density at radius 3 is 2.32 bits per heavy atom. The summed E-state index contributed by atoms with van der Waals surface area (Å²) in [5.74, 6) is 0.820. The highest BCUT2D eigenvalue weighted by Gasteiger charge is 2.40. The van der Waals surface area contributed by atoms with Crippen molar-refractivity contribution in [2.24, 2.45) is 11.8 Å². The van der Waals surface area contributed by atoms with Gasteiger partial charge in [-0.05, 0) is 55.4 Å². The lowest BCUT2D eigenvalue weighted by Gasteiger charge is -2.27. The molecule has 0 spiro atoms. The number of carbonyl (C=O) groups is 1. The van der Waals surface area contributed by atoms with E-state index in [2.05, 4.69) is 5.32 Å². The number of morpholine rings is 1. The van der Waals surface area contributed by atoms with E-state index < -0.39 is 20.0 Å². The number of anilines is 1. The molecule has 3 atom stereocenters. The molecular weight excluding hydrogens is 442 g/mol. The van der Waals surface area contributed by atoms with E-state index in [0.29, 0.717) is 25.0 Å². The van der Waals surface area contributed by atoms with Crippen molar-refractivity contribution >= 4 is 31.6 Å². The highest BCUT2D eigenvalue weighted by molar-refractivity contribution is 7.92. The Hall–Kier alpha value is -1.69. The molecule has 172 valence electrons. The van der Waals surface area contributed by atoms with Crippen LogP contribution in [0.15, 0.2) is 29.2 Å². The van der Waals surface area contributed by atoms with E-state index >= 15 is 0 Å². The molecule has 31 heavy (non-hydrogen) atoms. The third kappa shape index (κ3) is 4.89. The van der Waals surface area contributed by atoms with Gasteiger partial charge in [-0.15, -0.1) is 0 Å². The van der Waals surface area contributed by atoms with Crippen molar-refractivity contribution in [3.8, 4) is 0 Å². The zero-order valence-corrected chi connectivity index (χ0v) is 19.2. The topological polar surface area (TPSA) is 113 Å². The molecule has 1 amide bonds. The minimum Gasteiger partial charge on any atom is -0.379 e. The number of benzene rings is 1. The Bertz CT molecular complexity index is 1020. The van der Waals surface area contributed by atoms with Crippen molar-refractivity contribution in [1.82, 2.24) is 9.62 Å². The van der Waals surface area contributed by atoms with Gasteiger partial charge in [0.15, 0.2) is 0 Å². The third-order valence-electron chi connectivity index (χ3n) is 6.50. The number of hydrogen-bond donors (Lipinski definition) is 1. The summed E-state index contributed by atoms with van der Waals surface area (Å²) in [4.78, 5) is 12.7. The fraction of sp³-hybridized carbons (Fsp3) is 0.650. The average Bonchev–Trinajstić information content (AvgIpc) is 3.35. The number of amides is 1. The fourth-order valence-corrected chi connectivity index (χ4v) is 7.19. The maximum absolute atomic E-state index is 12.8. The summed E-state index contributed by atoms with van der Waals surface area (Å²) < 4.78 is 57.8. The standard InChI is InChI=1S/C20H29N3O6S2/c1-30(25,26)23(14-20(24)21-19-13-15-2-3-16(19)12-15)17-4-6-18(7-5-17)31(27,28)22-8-10-29-11-9-22/h4-7,15-16,19H,2-3,8-14H2,1H3,(H,21,24). The van der Waals surface area contributed by atoms with Crippen LogP contribution in [0.1, 0.15) is 25.7 Å². The maximum atomic E-state index is 12.8. The van der Waals surface area contributed by atoms with Crippen molar-refractivity contribution in [2.75, 3.05) is 43.4 Å². The van der Waals surface area contributed by atoms with E-state index in [4.69, 9.17) is 4.74 Å². The number of sulfonamides is 2. The first kappa shape index (κ1) is 22.5. The summed E-state index contributed by atoms with van der Waals surface area (Å²) in [6, 6.07) is 5.74. The van der Waals surface area contributed by atoms with Gasteiger partial charge in [0.2, 0.25) is 26.0 Å². The zero-order chi connectivity index (χ0) is 22.2. The number of nitrogens with zero attached hydrogens (tertiary/aromatic N) is 2. The van der Waals surface area contributed by atoms with E-state index in [-0.39, 0.29) is 42.2 Å². The van der Waals surface area contributed by atoms with E-state index in [9.17, 15) is 21.6 Å². The lowest BCUT2D eigenvalue weighted by Crippen LogP contribution is -2.45. The molecule has 1 heterocycles. The molecule has 3 unspecified atom stereocenters. The first-order valence-electron chi connectivity index (χ1n) is 10.6. The van der Waals surface area contributed by atoms with Crippen LogP contribution < -0.4 is 9.62 Å². The van der Waals surface area contributed by atoms with Crippen molar-refractivity contribution in [1.29, 1.82) is 0 Å². The lowest BCUT2D eigenvalue weighted by molar-refractivity contribution is -0.120. The minimum atomic E-state index is -3.73. The fourth-order valence-electron chi connectivity index (χ4n) is 4.92. The van der Waals surface area contributed by atoms with Crippen LogP contribution in [0.3, 0.4) is 0 Å². The predicted molar refractivity (Wildman–Crippen MR) is 116 cm³/mol. The Balaban J connectivity index is 1.47. The van der Waals surface area contributed by atoms with Gasteiger partial charge in [0.1, 0.15) is 6.54 Å². The maximum Gasteiger partial charge on any atom is 0.243 e. The van der Waals surface area contributed by atoms with Crippen LogP contribution in [0.2, 0.25) is 0 Å². The Labute approximate surface area is 183 Å². The quantitative estimate of drug-likeness (QED) is 0.629. The first-order chi connectivity index (χ1) is 14.6. The summed E-state index contributed by atoms with van der Waals surface area (Å²) in [6.45, 7) is 0.918. The second kappa shape index (κ2) is 8.68. The van der Waals surface area contributed by atoms with Gasteiger partial charge in [-0.25, -0.2) is 16.8 Å². The molecule has 0 radical (unpaired) electrons. The molecule has 2 aliphatic carbocycles. The molecule has 3 aliphatic rings. The molecular formula is C20H29N3O6S2. The van der Waals surface area contributed by atoms with Crippen LogP contribution in [0.25, 0.3) is 0 Å². The predicted octanol–water partition coefficient (Wildman–Crippen LogP) is 0.778. The monoisotopic (exact) mass is 471 g/mol. The number of nitrogens with one attached hydrogen (secondary N) is 1. The smallest absolute Gasteiger partial charge is 0.243 e. The first-order valence-corrected chi connectivity index (χ1v) is 13.9. The van der Waals surface area contributed by atoms with Crippen molar-refractivity contribution in [2.45, 2.75) is 36.6 Å². The molecule has 1 aromatic rings. The van der Waals surface area contributed by atoms with E-state index in [1.807, 2.05) is 0 Å². The molecule has 1 saturated heterocycles. The van der Waals surface area contributed by atoms with Crippen LogP contribution in [0.4, 0.5) is 5.69 Å². The normalized spacial score (nSPS) is 26.7. The lowest BCUT2D eigenvalue weighted by atomic mass is 9.95. The molecule has 2 bridgehead atoms. The molecule has 1 aromatic carbocycles. The average molecular weight is 472 g/mol. The zero-order valence-electron chi connectivity index (χ0n) is 17.6. The molecule has 9 nitrogen and oxygen atoms in total. The van der Waals surface area contributed by atoms with Crippen molar-refractivity contribution < 1.29 is 26.4 Å². The van der Waals surface area contributed by atoms with Crippen LogP contribution in [0, 0.1) is 11.8 Å².